The minimum absolute atomic E-state index is 0.475. The van der Waals surface area contributed by atoms with Crippen LogP contribution >= 0.6 is 0 Å². The highest BCUT2D eigenvalue weighted by Gasteiger charge is 2.15. The third-order valence-electron chi connectivity index (χ3n) is 3.03. The van der Waals surface area contributed by atoms with E-state index in [0.29, 0.717) is 30.4 Å². The van der Waals surface area contributed by atoms with Crippen molar-refractivity contribution in [3.8, 4) is 5.75 Å². The number of benzene rings is 1. The van der Waals surface area contributed by atoms with Gasteiger partial charge in [0.1, 0.15) is 12.0 Å². The van der Waals surface area contributed by atoms with Crippen LogP contribution in [0.1, 0.15) is 25.4 Å². The smallest absolute Gasteiger partial charge is 0.235 e. The number of hydrogen-bond acceptors (Lipinski definition) is 5. The SMILES string of the molecule is Cc1nc(CCOc2ccc(NS(=O)(=O)C(C)C)cc2)co1. The molecule has 0 saturated heterocycles. The number of anilines is 1. The van der Waals surface area contributed by atoms with Crippen molar-refractivity contribution in [3.05, 3.63) is 42.1 Å². The van der Waals surface area contributed by atoms with E-state index in [9.17, 15) is 8.42 Å². The molecule has 1 aromatic heterocycles. The molecule has 0 radical (unpaired) electrons. The van der Waals surface area contributed by atoms with Gasteiger partial charge in [0.25, 0.3) is 0 Å². The van der Waals surface area contributed by atoms with Crippen LogP contribution in [0.15, 0.2) is 34.9 Å². The van der Waals surface area contributed by atoms with Gasteiger partial charge in [0, 0.05) is 19.0 Å². The molecule has 2 aromatic rings. The summed E-state index contributed by atoms with van der Waals surface area (Å²) in [7, 11) is -3.32. The fourth-order valence-electron chi connectivity index (χ4n) is 1.70. The van der Waals surface area contributed by atoms with E-state index in [4.69, 9.17) is 9.15 Å². The minimum atomic E-state index is -3.32. The van der Waals surface area contributed by atoms with E-state index in [1.807, 2.05) is 0 Å². The number of aryl methyl sites for hydroxylation is 1. The first kappa shape index (κ1) is 16.4. The summed E-state index contributed by atoms with van der Waals surface area (Å²) in [6.45, 7) is 5.53. The highest BCUT2D eigenvalue weighted by Crippen LogP contribution is 2.18. The highest BCUT2D eigenvalue weighted by atomic mass is 32.2. The largest absolute Gasteiger partial charge is 0.493 e. The minimum Gasteiger partial charge on any atom is -0.493 e. The number of aromatic nitrogens is 1. The lowest BCUT2D eigenvalue weighted by atomic mass is 10.3. The van der Waals surface area contributed by atoms with Gasteiger partial charge in [-0.1, -0.05) is 0 Å². The molecule has 1 heterocycles. The monoisotopic (exact) mass is 324 g/mol. The molecule has 0 aliphatic carbocycles. The number of hydrogen-bond donors (Lipinski definition) is 1. The van der Waals surface area contributed by atoms with Crippen molar-refractivity contribution in [1.82, 2.24) is 4.98 Å². The Bertz CT molecular complexity index is 705. The molecule has 0 atom stereocenters. The van der Waals surface area contributed by atoms with Crippen molar-refractivity contribution in [2.45, 2.75) is 32.4 Å². The van der Waals surface area contributed by atoms with Crippen LogP contribution in [-0.2, 0) is 16.4 Å². The second-order valence-electron chi connectivity index (χ2n) is 5.18. The zero-order valence-corrected chi connectivity index (χ0v) is 13.7. The predicted molar refractivity (Wildman–Crippen MR) is 84.6 cm³/mol. The van der Waals surface area contributed by atoms with Crippen LogP contribution in [0.3, 0.4) is 0 Å². The highest BCUT2D eigenvalue weighted by molar-refractivity contribution is 7.93. The molecule has 1 N–H and O–H groups in total. The molecule has 0 saturated carbocycles. The van der Waals surface area contributed by atoms with Crippen LogP contribution in [0.25, 0.3) is 0 Å². The Morgan fingerprint density at radius 1 is 1.27 bits per heavy atom. The van der Waals surface area contributed by atoms with Gasteiger partial charge in [-0.2, -0.15) is 0 Å². The molecule has 7 heteroatoms. The molecular formula is C15H20N2O4S. The lowest BCUT2D eigenvalue weighted by Gasteiger charge is -2.11. The van der Waals surface area contributed by atoms with E-state index < -0.39 is 15.3 Å². The van der Waals surface area contributed by atoms with E-state index in [2.05, 4.69) is 9.71 Å². The molecule has 1 aromatic carbocycles. The summed E-state index contributed by atoms with van der Waals surface area (Å²) < 4.78 is 36.7. The first-order valence-electron chi connectivity index (χ1n) is 7.02. The maximum atomic E-state index is 11.8. The molecule has 22 heavy (non-hydrogen) atoms. The van der Waals surface area contributed by atoms with Crippen molar-refractivity contribution in [3.63, 3.8) is 0 Å². The van der Waals surface area contributed by atoms with Crippen molar-refractivity contribution in [2.75, 3.05) is 11.3 Å². The molecule has 0 aliphatic heterocycles. The summed E-state index contributed by atoms with van der Waals surface area (Å²) in [5.74, 6) is 1.31. The average molecular weight is 324 g/mol. The molecule has 0 fully saturated rings. The van der Waals surface area contributed by atoms with Gasteiger partial charge < -0.3 is 9.15 Å². The number of ether oxygens (including phenoxy) is 1. The van der Waals surface area contributed by atoms with E-state index in [1.165, 1.54) is 0 Å². The molecule has 120 valence electrons. The van der Waals surface area contributed by atoms with Crippen molar-refractivity contribution in [1.29, 1.82) is 0 Å². The fourth-order valence-corrected chi connectivity index (χ4v) is 2.40. The summed E-state index contributed by atoms with van der Waals surface area (Å²) in [6, 6.07) is 6.81. The normalized spacial score (nSPS) is 11.6. The number of rotatable bonds is 7. The molecule has 0 bridgehead atoms. The van der Waals surface area contributed by atoms with Crippen LogP contribution in [0.2, 0.25) is 0 Å². The Kier molecular flexibility index (Phi) is 5.07. The van der Waals surface area contributed by atoms with Gasteiger partial charge >= 0.3 is 0 Å². The molecule has 2 rings (SSSR count). The zero-order valence-electron chi connectivity index (χ0n) is 12.9. The van der Waals surface area contributed by atoms with Gasteiger partial charge in [0.15, 0.2) is 5.89 Å². The first-order valence-corrected chi connectivity index (χ1v) is 8.57. The van der Waals surface area contributed by atoms with Gasteiger partial charge in [0.2, 0.25) is 10.0 Å². The average Bonchev–Trinajstić information content (AvgIpc) is 2.86. The maximum Gasteiger partial charge on any atom is 0.235 e. The Balaban J connectivity index is 1.86. The van der Waals surface area contributed by atoms with Crippen molar-refractivity contribution in [2.24, 2.45) is 0 Å². The summed E-state index contributed by atoms with van der Waals surface area (Å²) in [4.78, 5) is 4.19. The number of nitrogens with zero attached hydrogens (tertiary/aromatic N) is 1. The molecule has 0 amide bonds. The molecular weight excluding hydrogens is 304 g/mol. The van der Waals surface area contributed by atoms with E-state index in [1.54, 1.807) is 51.3 Å². The van der Waals surface area contributed by atoms with Crippen LogP contribution in [-0.4, -0.2) is 25.3 Å². The summed E-state index contributed by atoms with van der Waals surface area (Å²) >= 11 is 0. The van der Waals surface area contributed by atoms with Gasteiger partial charge in [-0.25, -0.2) is 13.4 Å². The van der Waals surface area contributed by atoms with Crippen molar-refractivity contribution < 1.29 is 17.6 Å². The van der Waals surface area contributed by atoms with Gasteiger partial charge in [-0.15, -0.1) is 0 Å². The predicted octanol–water partition coefficient (Wildman–Crippen LogP) is 2.75. The topological polar surface area (TPSA) is 81.4 Å². The second kappa shape index (κ2) is 6.83. The van der Waals surface area contributed by atoms with Crippen LogP contribution in [0, 0.1) is 6.92 Å². The van der Waals surface area contributed by atoms with Crippen LogP contribution in [0.5, 0.6) is 5.75 Å². The second-order valence-corrected chi connectivity index (χ2v) is 7.41. The Morgan fingerprint density at radius 3 is 2.50 bits per heavy atom. The van der Waals surface area contributed by atoms with Gasteiger partial charge in [-0.3, -0.25) is 4.72 Å². The van der Waals surface area contributed by atoms with Crippen molar-refractivity contribution >= 4 is 15.7 Å². The van der Waals surface area contributed by atoms with Gasteiger partial charge in [-0.05, 0) is 38.1 Å². The quantitative estimate of drug-likeness (QED) is 0.847. The molecule has 6 nitrogen and oxygen atoms in total. The zero-order chi connectivity index (χ0) is 16.2. The van der Waals surface area contributed by atoms with Gasteiger partial charge in [0.05, 0.1) is 17.6 Å². The summed E-state index contributed by atoms with van der Waals surface area (Å²) in [5, 5.41) is -0.477. The lowest BCUT2D eigenvalue weighted by Crippen LogP contribution is -2.22. The third kappa shape index (κ3) is 4.49. The molecule has 0 spiro atoms. The lowest BCUT2D eigenvalue weighted by molar-refractivity contribution is 0.320. The Hall–Kier alpha value is -2.02. The Morgan fingerprint density at radius 2 is 1.95 bits per heavy atom. The third-order valence-corrected chi connectivity index (χ3v) is 4.79. The summed E-state index contributed by atoms with van der Waals surface area (Å²) in [6.07, 6.45) is 2.27. The maximum absolute atomic E-state index is 11.8. The van der Waals surface area contributed by atoms with Crippen LogP contribution < -0.4 is 9.46 Å². The standard InChI is InChI=1S/C15H20N2O4S/c1-11(2)22(18,19)17-13-4-6-15(7-5-13)20-9-8-14-10-21-12(3)16-14/h4-7,10-11,17H,8-9H2,1-3H3. The first-order chi connectivity index (χ1) is 10.4. The Labute approximate surface area is 130 Å². The van der Waals surface area contributed by atoms with E-state index in [0.717, 1.165) is 5.69 Å². The molecule has 0 unspecified atom stereocenters. The molecule has 0 aliphatic rings. The fraction of sp³-hybridized carbons (Fsp3) is 0.400. The van der Waals surface area contributed by atoms with E-state index >= 15 is 0 Å². The van der Waals surface area contributed by atoms with E-state index in [-0.39, 0.29) is 0 Å². The number of nitrogens with one attached hydrogen (secondary N) is 1. The van der Waals surface area contributed by atoms with Crippen LogP contribution in [0.4, 0.5) is 5.69 Å². The number of oxazole rings is 1. The number of sulfonamides is 1. The summed E-state index contributed by atoms with van der Waals surface area (Å²) in [5.41, 5.74) is 1.37.